The van der Waals surface area contributed by atoms with E-state index in [0.717, 1.165) is 12.1 Å². The summed E-state index contributed by atoms with van der Waals surface area (Å²) in [6.45, 7) is 1.76. The van der Waals surface area contributed by atoms with Crippen LogP contribution >= 0.6 is 27.5 Å². The second-order valence-corrected chi connectivity index (χ2v) is 6.60. The van der Waals surface area contributed by atoms with Crippen molar-refractivity contribution in [2.75, 3.05) is 0 Å². The number of carbonyl (C=O) groups excluding carboxylic acids is 1. The first-order valence-electron chi connectivity index (χ1n) is 7.02. The van der Waals surface area contributed by atoms with Crippen molar-refractivity contribution < 1.29 is 14.1 Å². The minimum atomic E-state index is -0.756. The lowest BCUT2D eigenvalue weighted by Crippen LogP contribution is -2.08. The maximum atomic E-state index is 13.5. The number of benzene rings is 2. The van der Waals surface area contributed by atoms with E-state index in [0.29, 0.717) is 16.6 Å². The minimum absolute atomic E-state index is 0.00453. The summed E-state index contributed by atoms with van der Waals surface area (Å²) in [4.78, 5) is 23.7. The standard InChI is InChI=1S/C16H10BrClFN3O3/c1-7-9-6-12(22(24)25)13(14(17)15(9)20-21(7)2)16(23)10-5-8(19)3-4-11(10)18/h3-6H,1-2H3. The van der Waals surface area contributed by atoms with E-state index in [1.165, 1.54) is 12.1 Å². The molecule has 9 heteroatoms. The van der Waals surface area contributed by atoms with E-state index in [1.807, 2.05) is 0 Å². The fourth-order valence-corrected chi connectivity index (χ4v) is 3.44. The van der Waals surface area contributed by atoms with E-state index in [4.69, 9.17) is 11.6 Å². The third-order valence-corrected chi connectivity index (χ3v) is 5.04. The monoisotopic (exact) mass is 425 g/mol. The van der Waals surface area contributed by atoms with Crippen LogP contribution in [0.5, 0.6) is 0 Å². The fourth-order valence-electron chi connectivity index (χ4n) is 2.57. The molecule has 0 unspecified atom stereocenters. The van der Waals surface area contributed by atoms with Gasteiger partial charge in [0.05, 0.1) is 14.4 Å². The Labute approximate surface area is 154 Å². The molecule has 1 aromatic heterocycles. The zero-order valence-corrected chi connectivity index (χ0v) is 15.4. The lowest BCUT2D eigenvalue weighted by Gasteiger charge is -2.08. The molecule has 3 aromatic rings. The molecule has 0 aliphatic rings. The number of nitrogens with zero attached hydrogens (tertiary/aromatic N) is 3. The zero-order chi connectivity index (χ0) is 18.5. The van der Waals surface area contributed by atoms with Crippen molar-refractivity contribution in [1.82, 2.24) is 9.78 Å². The smallest absolute Gasteiger partial charge is 0.282 e. The Bertz CT molecular complexity index is 1060. The van der Waals surface area contributed by atoms with Gasteiger partial charge in [-0.15, -0.1) is 0 Å². The molecule has 0 bridgehead atoms. The van der Waals surface area contributed by atoms with Crippen molar-refractivity contribution in [3.8, 4) is 0 Å². The van der Waals surface area contributed by atoms with Crippen LogP contribution in [0.3, 0.4) is 0 Å². The van der Waals surface area contributed by atoms with Gasteiger partial charge in [0, 0.05) is 29.8 Å². The van der Waals surface area contributed by atoms with Crippen LogP contribution in [0.4, 0.5) is 10.1 Å². The van der Waals surface area contributed by atoms with Crippen molar-refractivity contribution in [1.29, 1.82) is 0 Å². The van der Waals surface area contributed by atoms with Gasteiger partial charge in [0.2, 0.25) is 5.78 Å². The third kappa shape index (κ3) is 2.81. The van der Waals surface area contributed by atoms with Gasteiger partial charge in [-0.2, -0.15) is 5.10 Å². The Morgan fingerprint density at radius 3 is 2.72 bits per heavy atom. The van der Waals surface area contributed by atoms with Crippen LogP contribution in [-0.2, 0) is 7.05 Å². The molecule has 2 aromatic carbocycles. The van der Waals surface area contributed by atoms with Gasteiger partial charge in [-0.3, -0.25) is 19.6 Å². The Balaban J connectivity index is 2.36. The van der Waals surface area contributed by atoms with Crippen LogP contribution in [0.1, 0.15) is 21.6 Å². The summed E-state index contributed by atoms with van der Waals surface area (Å²) in [7, 11) is 1.69. The number of halogens is 3. The highest BCUT2D eigenvalue weighted by atomic mass is 79.9. The molecular weight excluding hydrogens is 417 g/mol. The van der Waals surface area contributed by atoms with Crippen molar-refractivity contribution in [2.24, 2.45) is 7.05 Å². The Hall–Kier alpha value is -2.32. The summed E-state index contributed by atoms with van der Waals surface area (Å²) in [5, 5.41) is 16.3. The zero-order valence-electron chi connectivity index (χ0n) is 13.0. The SMILES string of the molecule is Cc1c2cc([N+](=O)[O-])c(C(=O)c3cc(F)ccc3Cl)c(Br)c2nn1C. The van der Waals surface area contributed by atoms with Crippen molar-refractivity contribution in [2.45, 2.75) is 6.92 Å². The Morgan fingerprint density at radius 2 is 2.08 bits per heavy atom. The van der Waals surface area contributed by atoms with Crippen LogP contribution in [-0.4, -0.2) is 20.5 Å². The van der Waals surface area contributed by atoms with Crippen LogP contribution in [0.25, 0.3) is 10.9 Å². The molecule has 25 heavy (non-hydrogen) atoms. The van der Waals surface area contributed by atoms with E-state index < -0.39 is 22.2 Å². The van der Waals surface area contributed by atoms with Gasteiger partial charge in [-0.25, -0.2) is 4.39 Å². The van der Waals surface area contributed by atoms with Crippen molar-refractivity contribution >= 4 is 49.9 Å². The first-order chi connectivity index (χ1) is 11.7. The summed E-state index contributed by atoms with van der Waals surface area (Å²) < 4.78 is 15.3. The summed E-state index contributed by atoms with van der Waals surface area (Å²) >= 11 is 9.23. The molecule has 0 saturated carbocycles. The van der Waals surface area contributed by atoms with E-state index >= 15 is 0 Å². The highest BCUT2D eigenvalue weighted by Crippen LogP contribution is 2.37. The number of aryl methyl sites for hydroxylation is 2. The molecular formula is C16H10BrClFN3O3. The molecule has 0 spiro atoms. The van der Waals surface area contributed by atoms with Gasteiger partial charge in [-0.1, -0.05) is 11.6 Å². The number of hydrogen-bond acceptors (Lipinski definition) is 4. The number of fused-ring (bicyclic) bond motifs is 1. The van der Waals surface area contributed by atoms with Gasteiger partial charge in [-0.05, 0) is 41.1 Å². The molecule has 0 amide bonds. The quantitative estimate of drug-likeness (QED) is 0.349. The second-order valence-electron chi connectivity index (χ2n) is 5.40. The van der Waals surface area contributed by atoms with Crippen molar-refractivity contribution in [3.63, 3.8) is 0 Å². The molecule has 0 aliphatic heterocycles. The van der Waals surface area contributed by atoms with Gasteiger partial charge in [0.25, 0.3) is 5.69 Å². The minimum Gasteiger partial charge on any atom is -0.288 e. The maximum Gasteiger partial charge on any atom is 0.282 e. The molecule has 0 saturated heterocycles. The number of ketones is 1. The molecule has 128 valence electrons. The molecule has 0 N–H and O–H groups in total. The summed E-state index contributed by atoms with van der Waals surface area (Å²) in [6, 6.07) is 4.58. The molecule has 3 rings (SSSR count). The maximum absolute atomic E-state index is 13.5. The van der Waals surface area contributed by atoms with Crippen LogP contribution < -0.4 is 0 Å². The number of nitro groups is 1. The molecule has 0 aliphatic carbocycles. The molecule has 1 heterocycles. The molecule has 0 fully saturated rings. The summed E-state index contributed by atoms with van der Waals surface area (Å²) in [5.41, 5.74) is 0.337. The molecule has 0 radical (unpaired) electrons. The number of nitro benzene ring substituents is 1. The third-order valence-electron chi connectivity index (χ3n) is 3.94. The van der Waals surface area contributed by atoms with Gasteiger partial charge in [0.15, 0.2) is 0 Å². The van der Waals surface area contributed by atoms with E-state index in [9.17, 15) is 19.3 Å². The molecule has 0 atom stereocenters. The Morgan fingerprint density at radius 1 is 1.40 bits per heavy atom. The van der Waals surface area contributed by atoms with E-state index in [1.54, 1.807) is 18.7 Å². The summed E-state index contributed by atoms with van der Waals surface area (Å²) in [6.07, 6.45) is 0. The lowest BCUT2D eigenvalue weighted by molar-refractivity contribution is -0.385. The normalized spacial score (nSPS) is 11.1. The van der Waals surface area contributed by atoms with Gasteiger partial charge in [0.1, 0.15) is 16.9 Å². The van der Waals surface area contributed by atoms with Crippen LogP contribution in [0, 0.1) is 22.9 Å². The predicted octanol–water partition coefficient (Wildman–Crippen LogP) is 4.58. The Kier molecular flexibility index (Phi) is 4.34. The highest BCUT2D eigenvalue weighted by Gasteiger charge is 2.30. The largest absolute Gasteiger partial charge is 0.288 e. The molecule has 6 nitrogen and oxygen atoms in total. The van der Waals surface area contributed by atoms with Gasteiger partial charge >= 0.3 is 0 Å². The summed E-state index contributed by atoms with van der Waals surface area (Å²) in [5.74, 6) is -1.42. The van der Waals surface area contributed by atoms with Crippen LogP contribution in [0.15, 0.2) is 28.7 Å². The predicted molar refractivity (Wildman–Crippen MR) is 94.6 cm³/mol. The topological polar surface area (TPSA) is 78.0 Å². The number of rotatable bonds is 3. The van der Waals surface area contributed by atoms with Crippen LogP contribution in [0.2, 0.25) is 5.02 Å². The highest BCUT2D eigenvalue weighted by molar-refractivity contribution is 9.10. The number of aromatic nitrogens is 2. The average molecular weight is 427 g/mol. The average Bonchev–Trinajstić information content (AvgIpc) is 2.84. The number of hydrogen-bond donors (Lipinski definition) is 0. The number of carbonyl (C=O) groups is 1. The van der Waals surface area contributed by atoms with Gasteiger partial charge < -0.3 is 0 Å². The van der Waals surface area contributed by atoms with E-state index in [-0.39, 0.29) is 20.6 Å². The lowest BCUT2D eigenvalue weighted by atomic mass is 9.99. The van der Waals surface area contributed by atoms with Crippen molar-refractivity contribution in [3.05, 3.63) is 66.5 Å². The van der Waals surface area contributed by atoms with E-state index in [2.05, 4.69) is 21.0 Å². The fraction of sp³-hybridized carbons (Fsp3) is 0.125. The first kappa shape index (κ1) is 17.5. The first-order valence-corrected chi connectivity index (χ1v) is 8.19. The second kappa shape index (κ2) is 6.20.